The van der Waals surface area contributed by atoms with Crippen LogP contribution in [0.5, 0.6) is 0 Å². The van der Waals surface area contributed by atoms with Gasteiger partial charge in [0.05, 0.1) is 13.0 Å². The van der Waals surface area contributed by atoms with Crippen LogP contribution in [0.3, 0.4) is 0 Å². The van der Waals surface area contributed by atoms with E-state index in [0.717, 1.165) is 51.4 Å². The van der Waals surface area contributed by atoms with Gasteiger partial charge in [-0.2, -0.15) is 0 Å². The quantitative estimate of drug-likeness (QED) is 0.0413. The van der Waals surface area contributed by atoms with E-state index in [2.05, 4.69) is 38.2 Å². The molecule has 45 heavy (non-hydrogen) atoms. The first-order valence-electron chi connectivity index (χ1n) is 16.7. The Balaban J connectivity index is 2.52. The number of carboxylic acid groups (broad SMARTS) is 1. The Bertz CT molecular complexity index is 978. The van der Waals surface area contributed by atoms with Gasteiger partial charge >= 0.3 is 17.9 Å². The third-order valence-corrected chi connectivity index (χ3v) is 6.89. The standard InChI is InChI=1S/C36H56O9/c1-3-5-7-9-11-16-22-42-36(43-23-17-12-10-8-6-4-2)21-20-35(41)45-29-32-25-30(27-37)24-31(26-32)28-44-34(40)19-15-13-14-18-33(38)39/h5-8,24-26,36-37H,3-4,9-23,27-29H2,1-2H3,(H,38,39)/b7-5-,8-6-. The van der Waals surface area contributed by atoms with Crippen LogP contribution in [-0.2, 0) is 53.2 Å². The van der Waals surface area contributed by atoms with Crippen LogP contribution in [0.4, 0.5) is 0 Å². The Morgan fingerprint density at radius 3 is 1.69 bits per heavy atom. The lowest BCUT2D eigenvalue weighted by Gasteiger charge is -2.18. The molecule has 0 atom stereocenters. The number of carbonyl (C=O) groups is 3. The molecule has 0 aliphatic rings. The van der Waals surface area contributed by atoms with E-state index >= 15 is 0 Å². The highest BCUT2D eigenvalue weighted by atomic mass is 16.7. The zero-order chi connectivity index (χ0) is 33.0. The Kier molecular flexibility index (Phi) is 24.3. The Morgan fingerprint density at radius 2 is 1.18 bits per heavy atom. The summed E-state index contributed by atoms with van der Waals surface area (Å²) in [5, 5.41) is 18.4. The molecule has 0 aromatic heterocycles. The van der Waals surface area contributed by atoms with Crippen molar-refractivity contribution >= 4 is 17.9 Å². The van der Waals surface area contributed by atoms with Gasteiger partial charge in [-0.15, -0.1) is 0 Å². The van der Waals surface area contributed by atoms with Crippen LogP contribution in [0.1, 0.15) is 127 Å². The highest BCUT2D eigenvalue weighted by Crippen LogP contribution is 2.16. The lowest BCUT2D eigenvalue weighted by molar-refractivity contribution is -0.160. The first-order valence-corrected chi connectivity index (χ1v) is 16.7. The Morgan fingerprint density at radius 1 is 0.667 bits per heavy atom. The molecule has 0 unspecified atom stereocenters. The van der Waals surface area contributed by atoms with Crippen molar-refractivity contribution < 1.29 is 43.5 Å². The molecule has 0 radical (unpaired) electrons. The molecule has 9 nitrogen and oxygen atoms in total. The summed E-state index contributed by atoms with van der Waals surface area (Å²) in [6.07, 6.45) is 18.9. The minimum absolute atomic E-state index is 0.0279. The number of allylic oxidation sites excluding steroid dienone is 4. The summed E-state index contributed by atoms with van der Waals surface area (Å²) in [5.41, 5.74) is 2.00. The molecule has 0 spiro atoms. The maximum atomic E-state index is 12.6. The first-order chi connectivity index (χ1) is 21.9. The molecule has 0 aliphatic heterocycles. The number of rotatable bonds is 28. The summed E-state index contributed by atoms with van der Waals surface area (Å²) in [7, 11) is 0. The molecule has 0 saturated heterocycles. The molecule has 0 bridgehead atoms. The van der Waals surface area contributed by atoms with E-state index in [1.807, 2.05) is 0 Å². The second-order valence-electron chi connectivity index (χ2n) is 11.1. The van der Waals surface area contributed by atoms with Crippen molar-refractivity contribution in [3.63, 3.8) is 0 Å². The predicted molar refractivity (Wildman–Crippen MR) is 174 cm³/mol. The summed E-state index contributed by atoms with van der Waals surface area (Å²) in [6.45, 7) is 5.25. The maximum Gasteiger partial charge on any atom is 0.306 e. The van der Waals surface area contributed by atoms with Crippen LogP contribution >= 0.6 is 0 Å². The zero-order valence-corrected chi connectivity index (χ0v) is 27.5. The first kappa shape index (κ1) is 40.0. The van der Waals surface area contributed by atoms with Crippen molar-refractivity contribution in [2.75, 3.05) is 13.2 Å². The fourth-order valence-corrected chi connectivity index (χ4v) is 4.47. The Labute approximate surface area is 270 Å². The van der Waals surface area contributed by atoms with Crippen LogP contribution in [0.25, 0.3) is 0 Å². The number of benzene rings is 1. The Hall–Kier alpha value is -3.01. The smallest absolute Gasteiger partial charge is 0.306 e. The van der Waals surface area contributed by atoms with Gasteiger partial charge in [-0.05, 0) is 87.0 Å². The monoisotopic (exact) mass is 632 g/mol. The number of hydrogen-bond acceptors (Lipinski definition) is 8. The summed E-state index contributed by atoms with van der Waals surface area (Å²) >= 11 is 0. The number of esters is 2. The van der Waals surface area contributed by atoms with Gasteiger partial charge < -0.3 is 29.2 Å². The molecule has 1 rings (SSSR count). The lowest BCUT2D eigenvalue weighted by atomic mass is 10.1. The fraction of sp³-hybridized carbons (Fsp3) is 0.639. The minimum Gasteiger partial charge on any atom is -0.481 e. The third-order valence-electron chi connectivity index (χ3n) is 6.89. The molecule has 254 valence electrons. The number of aliphatic hydroxyl groups is 1. The number of carbonyl (C=O) groups excluding carboxylic acids is 2. The van der Waals surface area contributed by atoms with E-state index < -0.39 is 12.3 Å². The van der Waals surface area contributed by atoms with Gasteiger partial charge in [-0.1, -0.05) is 56.7 Å². The van der Waals surface area contributed by atoms with Gasteiger partial charge in [0.2, 0.25) is 0 Å². The van der Waals surface area contributed by atoms with Crippen molar-refractivity contribution in [3.8, 4) is 0 Å². The van der Waals surface area contributed by atoms with Gasteiger partial charge in [0.1, 0.15) is 13.2 Å². The van der Waals surface area contributed by atoms with Crippen LogP contribution < -0.4 is 0 Å². The lowest BCUT2D eigenvalue weighted by Crippen LogP contribution is -2.21. The van der Waals surface area contributed by atoms with E-state index in [4.69, 9.17) is 24.1 Å². The summed E-state index contributed by atoms with van der Waals surface area (Å²) in [6, 6.07) is 5.28. The van der Waals surface area contributed by atoms with Crippen LogP contribution in [0.15, 0.2) is 42.5 Å². The highest BCUT2D eigenvalue weighted by Gasteiger charge is 2.14. The molecular formula is C36H56O9. The van der Waals surface area contributed by atoms with Gasteiger partial charge in [0, 0.05) is 32.5 Å². The molecule has 1 aromatic rings. The average molecular weight is 633 g/mol. The second-order valence-corrected chi connectivity index (χ2v) is 11.1. The van der Waals surface area contributed by atoms with Crippen LogP contribution in [-0.4, -0.2) is 47.6 Å². The van der Waals surface area contributed by atoms with Gasteiger partial charge in [0.15, 0.2) is 6.29 Å². The molecule has 0 saturated carbocycles. The fourth-order valence-electron chi connectivity index (χ4n) is 4.47. The number of aliphatic hydroxyl groups excluding tert-OH is 1. The number of hydrogen-bond donors (Lipinski definition) is 2. The van der Waals surface area contributed by atoms with E-state index in [1.165, 1.54) is 0 Å². The largest absolute Gasteiger partial charge is 0.481 e. The summed E-state index contributed by atoms with van der Waals surface area (Å²) < 4.78 is 22.8. The maximum absolute atomic E-state index is 12.6. The van der Waals surface area contributed by atoms with E-state index in [-0.39, 0.29) is 51.0 Å². The highest BCUT2D eigenvalue weighted by molar-refractivity contribution is 5.70. The molecule has 9 heteroatoms. The van der Waals surface area contributed by atoms with Crippen molar-refractivity contribution in [1.29, 1.82) is 0 Å². The van der Waals surface area contributed by atoms with Gasteiger partial charge in [-0.25, -0.2) is 0 Å². The molecule has 2 N–H and O–H groups in total. The molecule has 0 aliphatic carbocycles. The normalized spacial score (nSPS) is 11.6. The number of carboxylic acids is 1. The predicted octanol–water partition coefficient (Wildman–Crippen LogP) is 7.71. The number of ether oxygens (including phenoxy) is 4. The van der Waals surface area contributed by atoms with Crippen LogP contribution in [0.2, 0.25) is 0 Å². The summed E-state index contributed by atoms with van der Waals surface area (Å²) in [4.78, 5) is 35.3. The van der Waals surface area contributed by atoms with Crippen molar-refractivity contribution in [1.82, 2.24) is 0 Å². The minimum atomic E-state index is -0.843. The SMILES string of the molecule is CC/C=C\CCCCOC(CCC(=O)OCc1cc(CO)cc(COC(=O)CCCCCC(=O)O)c1)OCCCC/C=C\CC. The van der Waals surface area contributed by atoms with Crippen molar-refractivity contribution in [3.05, 3.63) is 59.2 Å². The topological polar surface area (TPSA) is 129 Å². The van der Waals surface area contributed by atoms with Crippen LogP contribution in [0, 0.1) is 0 Å². The zero-order valence-electron chi connectivity index (χ0n) is 27.5. The average Bonchev–Trinajstić information content (AvgIpc) is 3.03. The van der Waals surface area contributed by atoms with Gasteiger partial charge in [-0.3, -0.25) is 14.4 Å². The summed E-state index contributed by atoms with van der Waals surface area (Å²) in [5.74, 6) is -1.58. The molecule has 0 amide bonds. The third kappa shape index (κ3) is 23.1. The van der Waals surface area contributed by atoms with Gasteiger partial charge in [0.25, 0.3) is 0 Å². The number of aliphatic carboxylic acids is 1. The molecule has 0 fully saturated rings. The second kappa shape index (κ2) is 27.3. The van der Waals surface area contributed by atoms with Crippen molar-refractivity contribution in [2.45, 2.75) is 136 Å². The van der Waals surface area contributed by atoms with E-state index in [9.17, 15) is 19.5 Å². The molecule has 0 heterocycles. The van der Waals surface area contributed by atoms with E-state index in [0.29, 0.717) is 55.6 Å². The van der Waals surface area contributed by atoms with Crippen molar-refractivity contribution in [2.24, 2.45) is 0 Å². The molecule has 1 aromatic carbocycles. The molecular weight excluding hydrogens is 576 g/mol. The van der Waals surface area contributed by atoms with E-state index in [1.54, 1.807) is 18.2 Å². The number of unbranched alkanes of at least 4 members (excludes halogenated alkanes) is 6.